The van der Waals surface area contributed by atoms with Gasteiger partial charge in [0.05, 0.1) is 11.2 Å². The van der Waals surface area contributed by atoms with Crippen molar-refractivity contribution in [3.8, 4) is 0 Å². The molecule has 2 atom stereocenters. The zero-order chi connectivity index (χ0) is 12.8. The number of hydrogen-bond acceptors (Lipinski definition) is 4. The molecule has 0 aliphatic rings. The number of nitrogens with zero attached hydrogens (tertiary/aromatic N) is 1. The van der Waals surface area contributed by atoms with Crippen molar-refractivity contribution >= 4 is 22.1 Å². The van der Waals surface area contributed by atoms with Gasteiger partial charge in [-0.2, -0.15) is 0 Å². The van der Waals surface area contributed by atoms with Crippen molar-refractivity contribution in [1.29, 1.82) is 0 Å². The minimum Gasteiger partial charge on any atom is -0.303 e. The van der Waals surface area contributed by atoms with Crippen LogP contribution in [-0.4, -0.2) is 21.2 Å². The van der Waals surface area contributed by atoms with Crippen molar-refractivity contribution in [3.63, 3.8) is 0 Å². The van der Waals surface area contributed by atoms with Gasteiger partial charge in [-0.3, -0.25) is 4.21 Å². The van der Waals surface area contributed by atoms with Crippen molar-refractivity contribution < 1.29 is 4.21 Å². The largest absolute Gasteiger partial charge is 0.303 e. The Morgan fingerprint density at radius 1 is 1.39 bits per heavy atom. The molecule has 0 fully saturated rings. The molecular formula is C13H16N2OS2. The van der Waals surface area contributed by atoms with E-state index in [0.29, 0.717) is 12.3 Å². The molecule has 0 aliphatic heterocycles. The molecule has 0 spiro atoms. The Hall–Kier alpha value is -1.04. The summed E-state index contributed by atoms with van der Waals surface area (Å²) in [5.41, 5.74) is 4.03. The Bertz CT molecular complexity index is 485. The van der Waals surface area contributed by atoms with Crippen LogP contribution in [0.25, 0.3) is 0 Å². The third kappa shape index (κ3) is 4.01. The lowest BCUT2D eigenvalue weighted by molar-refractivity contribution is 0.569. The fourth-order valence-corrected chi connectivity index (χ4v) is 3.08. The van der Waals surface area contributed by atoms with Gasteiger partial charge in [0.2, 0.25) is 0 Å². The summed E-state index contributed by atoms with van der Waals surface area (Å²) in [6, 6.07) is 10.2. The van der Waals surface area contributed by atoms with E-state index in [2.05, 4.69) is 22.4 Å². The van der Waals surface area contributed by atoms with E-state index in [4.69, 9.17) is 0 Å². The van der Waals surface area contributed by atoms with Crippen LogP contribution >= 0.6 is 11.3 Å². The third-order valence-electron chi connectivity index (χ3n) is 2.62. The summed E-state index contributed by atoms with van der Waals surface area (Å²) in [5, 5.41) is 5.45. The molecular weight excluding hydrogens is 264 g/mol. The molecule has 0 aliphatic carbocycles. The summed E-state index contributed by atoms with van der Waals surface area (Å²) >= 11 is 1.59. The summed E-state index contributed by atoms with van der Waals surface area (Å²) in [7, 11) is -0.825. The molecule has 2 aromatic rings. The van der Waals surface area contributed by atoms with E-state index >= 15 is 0 Å². The minimum absolute atomic E-state index is 0.110. The van der Waals surface area contributed by atoms with E-state index in [-0.39, 0.29) is 6.04 Å². The maximum absolute atomic E-state index is 11.4. The van der Waals surface area contributed by atoms with E-state index in [1.54, 1.807) is 17.6 Å². The van der Waals surface area contributed by atoms with Crippen LogP contribution in [0, 0.1) is 0 Å². The first-order chi connectivity index (χ1) is 8.75. The Labute approximate surface area is 114 Å². The highest BCUT2D eigenvalue weighted by Crippen LogP contribution is 2.14. The number of thiazole rings is 1. The molecule has 18 heavy (non-hydrogen) atoms. The molecule has 0 bridgehead atoms. The van der Waals surface area contributed by atoms with Crippen molar-refractivity contribution in [3.05, 3.63) is 52.5 Å². The number of rotatable bonds is 6. The number of nitrogens with one attached hydrogen (secondary N) is 1. The van der Waals surface area contributed by atoms with Gasteiger partial charge in [-0.15, -0.1) is 11.3 Å². The molecule has 0 amide bonds. The Kier molecular flexibility index (Phi) is 5.04. The quantitative estimate of drug-likeness (QED) is 0.883. The monoisotopic (exact) mass is 280 g/mol. The predicted octanol–water partition coefficient (Wildman–Crippen LogP) is 2.35. The van der Waals surface area contributed by atoms with Gasteiger partial charge in [0.25, 0.3) is 0 Å². The molecule has 1 heterocycles. The first-order valence-electron chi connectivity index (χ1n) is 5.71. The van der Waals surface area contributed by atoms with E-state index in [1.807, 2.05) is 29.1 Å². The third-order valence-corrected chi connectivity index (χ3v) is 4.05. The van der Waals surface area contributed by atoms with Crippen LogP contribution in [0.1, 0.15) is 17.3 Å². The summed E-state index contributed by atoms with van der Waals surface area (Å²) in [4.78, 5) is 4.24. The second-order valence-electron chi connectivity index (χ2n) is 4.06. The van der Waals surface area contributed by atoms with Gasteiger partial charge in [-0.25, -0.2) is 4.98 Å². The smallest absolute Gasteiger partial charge is 0.0795 e. The molecule has 96 valence electrons. The van der Waals surface area contributed by atoms with Crippen molar-refractivity contribution in [2.75, 3.05) is 12.0 Å². The first-order valence-corrected chi connectivity index (χ1v) is 8.38. The highest BCUT2D eigenvalue weighted by Gasteiger charge is 2.12. The number of hydrogen-bond donors (Lipinski definition) is 1. The standard InChI is InChI=1S/C13H16N2OS2/c1-18(16)9-13(11-5-3-2-4-6-11)14-7-12-8-17-10-15-12/h2-6,8,10,13-14H,7,9H2,1H3. The highest BCUT2D eigenvalue weighted by molar-refractivity contribution is 7.84. The predicted molar refractivity (Wildman–Crippen MR) is 77.1 cm³/mol. The van der Waals surface area contributed by atoms with Crippen LogP contribution in [0.5, 0.6) is 0 Å². The van der Waals surface area contributed by atoms with Gasteiger partial charge in [0.15, 0.2) is 0 Å². The molecule has 3 nitrogen and oxygen atoms in total. The average Bonchev–Trinajstić information content (AvgIpc) is 2.88. The van der Waals surface area contributed by atoms with E-state index < -0.39 is 10.8 Å². The van der Waals surface area contributed by atoms with Crippen LogP contribution in [0.2, 0.25) is 0 Å². The van der Waals surface area contributed by atoms with Crippen LogP contribution in [0.3, 0.4) is 0 Å². The molecule has 0 saturated heterocycles. The zero-order valence-corrected chi connectivity index (χ0v) is 11.8. The first kappa shape index (κ1) is 13.4. The van der Waals surface area contributed by atoms with Gasteiger partial charge in [0.1, 0.15) is 0 Å². The highest BCUT2D eigenvalue weighted by atomic mass is 32.2. The number of benzene rings is 1. The van der Waals surface area contributed by atoms with Gasteiger partial charge in [-0.1, -0.05) is 30.3 Å². The summed E-state index contributed by atoms with van der Waals surface area (Å²) in [6.07, 6.45) is 1.74. The fourth-order valence-electron chi connectivity index (χ4n) is 1.75. The number of aromatic nitrogens is 1. The SMILES string of the molecule is CS(=O)CC(NCc1cscn1)c1ccccc1. The van der Waals surface area contributed by atoms with Crippen LogP contribution < -0.4 is 5.32 Å². The molecule has 2 unspecified atom stereocenters. The fraction of sp³-hybridized carbons (Fsp3) is 0.308. The maximum atomic E-state index is 11.4. The van der Waals surface area contributed by atoms with E-state index in [0.717, 1.165) is 5.69 Å². The summed E-state index contributed by atoms with van der Waals surface area (Å²) in [6.45, 7) is 0.709. The summed E-state index contributed by atoms with van der Waals surface area (Å²) < 4.78 is 11.4. The second kappa shape index (κ2) is 6.78. The Morgan fingerprint density at radius 3 is 2.78 bits per heavy atom. The Morgan fingerprint density at radius 2 is 2.17 bits per heavy atom. The lowest BCUT2D eigenvalue weighted by Crippen LogP contribution is -2.25. The average molecular weight is 280 g/mol. The second-order valence-corrected chi connectivity index (χ2v) is 6.26. The van der Waals surface area contributed by atoms with Gasteiger partial charge < -0.3 is 5.32 Å². The summed E-state index contributed by atoms with van der Waals surface area (Å²) in [5.74, 6) is 0.619. The maximum Gasteiger partial charge on any atom is 0.0795 e. The van der Waals surface area contributed by atoms with Crippen molar-refractivity contribution in [2.45, 2.75) is 12.6 Å². The van der Waals surface area contributed by atoms with E-state index in [9.17, 15) is 4.21 Å². The van der Waals surface area contributed by atoms with Crippen molar-refractivity contribution in [2.24, 2.45) is 0 Å². The molecule has 0 saturated carbocycles. The lowest BCUT2D eigenvalue weighted by Gasteiger charge is -2.17. The molecule has 1 aromatic heterocycles. The van der Waals surface area contributed by atoms with Crippen LogP contribution in [-0.2, 0) is 17.3 Å². The normalized spacial score (nSPS) is 14.3. The van der Waals surface area contributed by atoms with Gasteiger partial charge >= 0.3 is 0 Å². The molecule has 1 aromatic carbocycles. The Balaban J connectivity index is 2.03. The minimum atomic E-state index is -0.825. The van der Waals surface area contributed by atoms with Gasteiger partial charge in [-0.05, 0) is 5.56 Å². The van der Waals surface area contributed by atoms with Crippen LogP contribution in [0.4, 0.5) is 0 Å². The van der Waals surface area contributed by atoms with Crippen molar-refractivity contribution in [1.82, 2.24) is 10.3 Å². The van der Waals surface area contributed by atoms with Crippen LogP contribution in [0.15, 0.2) is 41.2 Å². The molecule has 2 rings (SSSR count). The van der Waals surface area contributed by atoms with Gasteiger partial charge in [0, 0.05) is 40.8 Å². The molecule has 5 heteroatoms. The molecule has 1 N–H and O–H groups in total. The topological polar surface area (TPSA) is 42.0 Å². The molecule has 0 radical (unpaired) electrons. The lowest BCUT2D eigenvalue weighted by atomic mass is 10.1. The zero-order valence-electron chi connectivity index (χ0n) is 10.2. The van der Waals surface area contributed by atoms with E-state index in [1.165, 1.54) is 5.56 Å².